The summed E-state index contributed by atoms with van der Waals surface area (Å²) in [6.45, 7) is 11.1. The van der Waals surface area contributed by atoms with Gasteiger partial charge in [0.1, 0.15) is 0 Å². The molecule has 8 heteroatoms. The average molecular weight is 388 g/mol. The highest BCUT2D eigenvalue weighted by Crippen LogP contribution is 2.17. The maximum Gasteiger partial charge on any atom is 0.213 e. The molecule has 1 unspecified atom stereocenters. The van der Waals surface area contributed by atoms with Crippen molar-refractivity contribution in [2.45, 2.75) is 65.0 Å². The van der Waals surface area contributed by atoms with E-state index in [0.717, 1.165) is 38.4 Å². The first-order valence-corrected chi connectivity index (χ1v) is 11.9. The number of guanidine groups is 1. The maximum atomic E-state index is 12.0. The van der Waals surface area contributed by atoms with Gasteiger partial charge in [-0.3, -0.25) is 9.89 Å². The van der Waals surface area contributed by atoms with Gasteiger partial charge in [-0.25, -0.2) is 12.7 Å². The molecule has 2 heterocycles. The molecule has 0 aromatic heterocycles. The molecule has 2 saturated heterocycles. The lowest BCUT2D eigenvalue weighted by atomic mass is 10.0. The minimum atomic E-state index is -3.06. The second kappa shape index (κ2) is 10.5. The van der Waals surface area contributed by atoms with Gasteiger partial charge in [-0.2, -0.15) is 0 Å². The molecule has 2 fully saturated rings. The Bertz CT molecular complexity index is 544. The fourth-order valence-electron chi connectivity index (χ4n) is 3.85. The molecule has 1 atom stereocenters. The number of rotatable bonds is 7. The fourth-order valence-corrected chi connectivity index (χ4v) is 4.99. The third-order valence-electron chi connectivity index (χ3n) is 5.51. The summed E-state index contributed by atoms with van der Waals surface area (Å²) >= 11 is 0. The van der Waals surface area contributed by atoms with Crippen LogP contribution in [0.3, 0.4) is 0 Å². The van der Waals surface area contributed by atoms with E-state index in [2.05, 4.69) is 29.4 Å². The van der Waals surface area contributed by atoms with E-state index in [1.54, 1.807) is 11.2 Å². The van der Waals surface area contributed by atoms with Crippen molar-refractivity contribution in [3.8, 4) is 0 Å². The fraction of sp³-hybridized carbons (Fsp3) is 0.944. The van der Waals surface area contributed by atoms with Gasteiger partial charge in [0.15, 0.2) is 5.96 Å². The molecule has 0 aromatic carbocycles. The standard InChI is InChI=1S/C18H37N5O2S/c1-4-19-18(20-15-17-9-7-8-12-22(17)5-2)21-16-10-13-23(14-11-16)26(24,25)6-3/h16-17H,4-15H2,1-3H3,(H2,19,20,21). The van der Waals surface area contributed by atoms with Gasteiger partial charge in [-0.05, 0) is 52.6 Å². The van der Waals surface area contributed by atoms with Crippen LogP contribution in [0.2, 0.25) is 0 Å². The van der Waals surface area contributed by atoms with Gasteiger partial charge in [0.05, 0.1) is 12.3 Å². The van der Waals surface area contributed by atoms with Crippen molar-refractivity contribution in [1.82, 2.24) is 19.8 Å². The molecule has 0 spiro atoms. The van der Waals surface area contributed by atoms with E-state index < -0.39 is 10.0 Å². The molecule has 26 heavy (non-hydrogen) atoms. The summed E-state index contributed by atoms with van der Waals surface area (Å²) in [6, 6.07) is 0.825. The van der Waals surface area contributed by atoms with Gasteiger partial charge in [0, 0.05) is 31.7 Å². The van der Waals surface area contributed by atoms with E-state index in [4.69, 9.17) is 4.99 Å². The summed E-state index contributed by atoms with van der Waals surface area (Å²) in [6.07, 6.45) is 5.48. The summed E-state index contributed by atoms with van der Waals surface area (Å²) in [5, 5.41) is 6.86. The Hall–Kier alpha value is -0.860. The Balaban J connectivity index is 1.88. The van der Waals surface area contributed by atoms with E-state index >= 15 is 0 Å². The van der Waals surface area contributed by atoms with Gasteiger partial charge in [0.25, 0.3) is 0 Å². The van der Waals surface area contributed by atoms with Gasteiger partial charge in [-0.15, -0.1) is 0 Å². The molecule has 7 nitrogen and oxygen atoms in total. The molecule has 0 aromatic rings. The predicted octanol–water partition coefficient (Wildman–Crippen LogP) is 1.23. The molecule has 0 amide bonds. The summed E-state index contributed by atoms with van der Waals surface area (Å²) in [7, 11) is -3.06. The van der Waals surface area contributed by atoms with Crippen LogP contribution in [-0.4, -0.2) is 80.7 Å². The molecule has 0 bridgehead atoms. The van der Waals surface area contributed by atoms with E-state index in [9.17, 15) is 8.42 Å². The molecule has 2 aliphatic heterocycles. The van der Waals surface area contributed by atoms with E-state index in [0.29, 0.717) is 19.1 Å². The van der Waals surface area contributed by atoms with Crippen LogP contribution in [0, 0.1) is 0 Å². The van der Waals surface area contributed by atoms with Gasteiger partial charge in [0.2, 0.25) is 10.0 Å². The summed E-state index contributed by atoms with van der Waals surface area (Å²) in [5.74, 6) is 1.05. The van der Waals surface area contributed by atoms with Gasteiger partial charge < -0.3 is 10.6 Å². The Morgan fingerprint density at radius 3 is 2.42 bits per heavy atom. The van der Waals surface area contributed by atoms with Crippen LogP contribution in [0.1, 0.15) is 52.9 Å². The van der Waals surface area contributed by atoms with Crippen LogP contribution >= 0.6 is 0 Å². The van der Waals surface area contributed by atoms with Crippen molar-refractivity contribution in [3.63, 3.8) is 0 Å². The lowest BCUT2D eigenvalue weighted by molar-refractivity contribution is 0.161. The Labute approximate surface area is 159 Å². The van der Waals surface area contributed by atoms with Crippen LogP contribution in [0.4, 0.5) is 0 Å². The zero-order valence-corrected chi connectivity index (χ0v) is 17.5. The third kappa shape index (κ3) is 6.09. The normalized spacial score (nSPS) is 24.6. The number of hydrogen-bond acceptors (Lipinski definition) is 4. The highest BCUT2D eigenvalue weighted by Gasteiger charge is 2.27. The molecule has 152 valence electrons. The van der Waals surface area contributed by atoms with Crippen molar-refractivity contribution >= 4 is 16.0 Å². The number of nitrogens with zero attached hydrogens (tertiary/aromatic N) is 3. The Morgan fingerprint density at radius 1 is 1.08 bits per heavy atom. The smallest absolute Gasteiger partial charge is 0.213 e. The van der Waals surface area contributed by atoms with E-state index in [-0.39, 0.29) is 11.8 Å². The van der Waals surface area contributed by atoms with Crippen LogP contribution in [0.25, 0.3) is 0 Å². The number of piperidine rings is 2. The number of sulfonamides is 1. The Kier molecular flexibility index (Phi) is 8.63. The topological polar surface area (TPSA) is 77.0 Å². The quantitative estimate of drug-likeness (QED) is 0.508. The lowest BCUT2D eigenvalue weighted by Crippen LogP contribution is -2.50. The second-order valence-electron chi connectivity index (χ2n) is 7.22. The molecule has 0 aliphatic carbocycles. The molecule has 2 aliphatic rings. The highest BCUT2D eigenvalue weighted by atomic mass is 32.2. The largest absolute Gasteiger partial charge is 0.357 e. The zero-order valence-electron chi connectivity index (χ0n) is 16.7. The van der Waals surface area contributed by atoms with Crippen LogP contribution < -0.4 is 10.6 Å². The molecule has 2 rings (SSSR count). The number of hydrogen-bond donors (Lipinski definition) is 2. The summed E-state index contributed by atoms with van der Waals surface area (Å²) in [5.41, 5.74) is 0. The SMILES string of the molecule is CCNC(=NCC1CCCCN1CC)NC1CCN(S(=O)(=O)CC)CC1. The zero-order chi connectivity index (χ0) is 19.0. The Morgan fingerprint density at radius 2 is 1.81 bits per heavy atom. The van der Waals surface area contributed by atoms with Crippen molar-refractivity contribution in [3.05, 3.63) is 0 Å². The van der Waals surface area contributed by atoms with Crippen molar-refractivity contribution in [2.75, 3.05) is 45.0 Å². The summed E-state index contributed by atoms with van der Waals surface area (Å²) in [4.78, 5) is 7.37. The van der Waals surface area contributed by atoms with Gasteiger partial charge in [-0.1, -0.05) is 13.3 Å². The number of nitrogens with one attached hydrogen (secondary N) is 2. The maximum absolute atomic E-state index is 12.0. The number of aliphatic imine (C=N–C) groups is 1. The van der Waals surface area contributed by atoms with E-state index in [1.807, 2.05) is 0 Å². The molecule has 0 saturated carbocycles. The van der Waals surface area contributed by atoms with Crippen LogP contribution in [0.15, 0.2) is 4.99 Å². The minimum absolute atomic E-state index is 0.185. The first-order valence-electron chi connectivity index (χ1n) is 10.3. The predicted molar refractivity (Wildman–Crippen MR) is 108 cm³/mol. The molecule has 2 N–H and O–H groups in total. The highest BCUT2D eigenvalue weighted by molar-refractivity contribution is 7.89. The van der Waals surface area contributed by atoms with Gasteiger partial charge >= 0.3 is 0 Å². The molecular formula is C18H37N5O2S. The molecule has 0 radical (unpaired) electrons. The minimum Gasteiger partial charge on any atom is -0.357 e. The van der Waals surface area contributed by atoms with Crippen molar-refractivity contribution in [1.29, 1.82) is 0 Å². The average Bonchev–Trinajstić information content (AvgIpc) is 2.67. The van der Waals surface area contributed by atoms with Crippen molar-refractivity contribution < 1.29 is 8.42 Å². The van der Waals surface area contributed by atoms with E-state index in [1.165, 1.54) is 25.8 Å². The number of likely N-dealkylation sites (tertiary alicyclic amines) is 1. The lowest BCUT2D eigenvalue weighted by Gasteiger charge is -2.34. The second-order valence-corrected chi connectivity index (χ2v) is 9.47. The van der Waals surface area contributed by atoms with Crippen molar-refractivity contribution in [2.24, 2.45) is 4.99 Å². The summed E-state index contributed by atoms with van der Waals surface area (Å²) < 4.78 is 25.6. The third-order valence-corrected chi connectivity index (χ3v) is 7.39. The number of likely N-dealkylation sites (N-methyl/N-ethyl adjacent to an activating group) is 1. The monoisotopic (exact) mass is 387 g/mol. The first kappa shape index (κ1) is 21.4. The van der Waals surface area contributed by atoms with Crippen LogP contribution in [0.5, 0.6) is 0 Å². The first-order chi connectivity index (χ1) is 12.5. The van der Waals surface area contributed by atoms with Crippen LogP contribution in [-0.2, 0) is 10.0 Å². The molecular weight excluding hydrogens is 350 g/mol.